The topological polar surface area (TPSA) is 61.4 Å². The average Bonchev–Trinajstić information content (AvgIpc) is 3.02. The third kappa shape index (κ3) is 4.83. The molecular weight excluding hydrogens is 314 g/mol. The van der Waals surface area contributed by atoms with E-state index in [2.05, 4.69) is 10.6 Å². The average molecular weight is 337 g/mol. The number of urea groups is 1. The molecule has 1 atom stereocenters. The maximum Gasteiger partial charge on any atom is 0.314 e. The highest BCUT2D eigenvalue weighted by Gasteiger charge is 2.30. The Balaban J connectivity index is 1.39. The summed E-state index contributed by atoms with van der Waals surface area (Å²) in [5.41, 5.74) is 2.12. The molecule has 2 N–H and O–H groups in total. The largest absolute Gasteiger partial charge is 0.338 e. The summed E-state index contributed by atoms with van der Waals surface area (Å²) in [7, 11) is 0. The molecule has 3 rings (SSSR count). The van der Waals surface area contributed by atoms with Gasteiger partial charge in [-0.15, -0.1) is 0 Å². The number of para-hydroxylation sites is 1. The van der Waals surface area contributed by atoms with E-state index < -0.39 is 0 Å². The lowest BCUT2D eigenvalue weighted by atomic mass is 10.1. The molecule has 130 valence electrons. The van der Waals surface area contributed by atoms with Gasteiger partial charge < -0.3 is 15.5 Å². The smallest absolute Gasteiger partial charge is 0.314 e. The van der Waals surface area contributed by atoms with E-state index in [1.54, 1.807) is 4.90 Å². The number of anilines is 1. The highest BCUT2D eigenvalue weighted by Crippen LogP contribution is 2.24. The fourth-order valence-electron chi connectivity index (χ4n) is 3.04. The second-order valence-corrected chi connectivity index (χ2v) is 6.28. The molecule has 5 heteroatoms. The minimum atomic E-state index is -0.179. The van der Waals surface area contributed by atoms with Crippen LogP contribution in [0.5, 0.6) is 0 Å². The Bertz CT molecular complexity index is 703. The van der Waals surface area contributed by atoms with Crippen molar-refractivity contribution >= 4 is 17.6 Å². The molecule has 1 aliphatic rings. The predicted octanol–water partition coefficient (Wildman–Crippen LogP) is 2.58. The fraction of sp³-hybridized carbons (Fsp3) is 0.300. The van der Waals surface area contributed by atoms with E-state index in [1.165, 1.54) is 5.56 Å². The molecule has 1 heterocycles. The first kappa shape index (κ1) is 17.0. The van der Waals surface area contributed by atoms with Crippen LogP contribution in [0.25, 0.3) is 0 Å². The first-order valence-electron chi connectivity index (χ1n) is 8.63. The molecule has 1 aliphatic heterocycles. The third-order valence-electron chi connectivity index (χ3n) is 4.37. The van der Waals surface area contributed by atoms with Crippen LogP contribution in [-0.4, -0.2) is 31.6 Å². The van der Waals surface area contributed by atoms with Gasteiger partial charge in [0.1, 0.15) is 0 Å². The summed E-state index contributed by atoms with van der Waals surface area (Å²) < 4.78 is 0. The van der Waals surface area contributed by atoms with Crippen molar-refractivity contribution in [3.05, 3.63) is 66.2 Å². The molecule has 3 amide bonds. The standard InChI is InChI=1S/C20H23N3O2/c24-19-13-17(15-23(19)18-9-5-2-6-10-18)14-22-20(25)21-12-11-16-7-3-1-4-8-16/h1-10,17H,11-15H2,(H2,21,22,25)/t17-/m1/s1. The van der Waals surface area contributed by atoms with E-state index in [1.807, 2.05) is 60.7 Å². The molecule has 2 aromatic rings. The molecule has 5 nitrogen and oxygen atoms in total. The number of nitrogens with zero attached hydrogens (tertiary/aromatic N) is 1. The van der Waals surface area contributed by atoms with Crippen LogP contribution in [0.2, 0.25) is 0 Å². The molecule has 0 bridgehead atoms. The van der Waals surface area contributed by atoms with Gasteiger partial charge in [0.15, 0.2) is 0 Å². The number of carbonyl (C=O) groups excluding carboxylic acids is 2. The zero-order valence-electron chi connectivity index (χ0n) is 14.2. The van der Waals surface area contributed by atoms with Crippen LogP contribution >= 0.6 is 0 Å². The normalized spacial score (nSPS) is 16.7. The van der Waals surface area contributed by atoms with Gasteiger partial charge in [0.2, 0.25) is 5.91 Å². The molecule has 0 radical (unpaired) electrons. The molecular formula is C20H23N3O2. The fourth-order valence-corrected chi connectivity index (χ4v) is 3.04. The van der Waals surface area contributed by atoms with Crippen molar-refractivity contribution in [3.8, 4) is 0 Å². The maximum absolute atomic E-state index is 12.2. The van der Waals surface area contributed by atoms with Crippen LogP contribution in [-0.2, 0) is 11.2 Å². The van der Waals surface area contributed by atoms with Gasteiger partial charge in [-0.2, -0.15) is 0 Å². The Morgan fingerprint density at radius 3 is 2.40 bits per heavy atom. The summed E-state index contributed by atoms with van der Waals surface area (Å²) in [6.45, 7) is 1.75. The number of carbonyl (C=O) groups is 2. The van der Waals surface area contributed by atoms with Crippen molar-refractivity contribution in [1.29, 1.82) is 0 Å². The van der Waals surface area contributed by atoms with E-state index in [9.17, 15) is 9.59 Å². The van der Waals surface area contributed by atoms with E-state index >= 15 is 0 Å². The summed E-state index contributed by atoms with van der Waals surface area (Å²) in [6.07, 6.45) is 1.27. The van der Waals surface area contributed by atoms with Crippen molar-refractivity contribution in [2.24, 2.45) is 5.92 Å². The molecule has 0 aliphatic carbocycles. The minimum absolute atomic E-state index is 0.113. The number of hydrogen-bond acceptors (Lipinski definition) is 2. The first-order chi connectivity index (χ1) is 12.2. The number of rotatable bonds is 6. The third-order valence-corrected chi connectivity index (χ3v) is 4.37. The van der Waals surface area contributed by atoms with Gasteiger partial charge in [-0.1, -0.05) is 48.5 Å². The van der Waals surface area contributed by atoms with Crippen LogP contribution in [0.4, 0.5) is 10.5 Å². The van der Waals surface area contributed by atoms with Gasteiger partial charge in [-0.3, -0.25) is 4.79 Å². The summed E-state index contributed by atoms with van der Waals surface area (Å²) in [5.74, 6) is 0.259. The number of hydrogen-bond donors (Lipinski definition) is 2. The number of benzene rings is 2. The molecule has 0 aromatic heterocycles. The predicted molar refractivity (Wildman–Crippen MR) is 98.4 cm³/mol. The lowest BCUT2D eigenvalue weighted by molar-refractivity contribution is -0.117. The van der Waals surface area contributed by atoms with E-state index in [0.717, 1.165) is 12.1 Å². The Morgan fingerprint density at radius 2 is 1.68 bits per heavy atom. The van der Waals surface area contributed by atoms with Crippen LogP contribution in [0, 0.1) is 5.92 Å². The Hall–Kier alpha value is -2.82. The van der Waals surface area contributed by atoms with Crippen LogP contribution in [0.3, 0.4) is 0 Å². The Kier molecular flexibility index (Phi) is 5.67. The van der Waals surface area contributed by atoms with Crippen molar-refractivity contribution in [2.45, 2.75) is 12.8 Å². The second kappa shape index (κ2) is 8.33. The zero-order chi connectivity index (χ0) is 17.5. The van der Waals surface area contributed by atoms with Gasteiger partial charge >= 0.3 is 6.03 Å². The van der Waals surface area contributed by atoms with E-state index in [0.29, 0.717) is 26.1 Å². The van der Waals surface area contributed by atoms with Crippen LogP contribution in [0.1, 0.15) is 12.0 Å². The van der Waals surface area contributed by atoms with Gasteiger partial charge in [-0.25, -0.2) is 4.79 Å². The van der Waals surface area contributed by atoms with E-state index in [4.69, 9.17) is 0 Å². The first-order valence-corrected chi connectivity index (χ1v) is 8.63. The molecule has 0 spiro atoms. The van der Waals surface area contributed by atoms with Gasteiger partial charge in [-0.05, 0) is 24.1 Å². The van der Waals surface area contributed by atoms with Gasteiger partial charge in [0, 0.05) is 37.7 Å². The summed E-state index contributed by atoms with van der Waals surface area (Å²) in [5, 5.41) is 5.74. The SMILES string of the molecule is O=C(NCCc1ccccc1)NC[C@H]1CC(=O)N(c2ccccc2)C1. The monoisotopic (exact) mass is 337 g/mol. The van der Waals surface area contributed by atoms with E-state index in [-0.39, 0.29) is 17.9 Å². The van der Waals surface area contributed by atoms with Crippen LogP contribution < -0.4 is 15.5 Å². The molecule has 1 fully saturated rings. The quantitative estimate of drug-likeness (QED) is 0.851. The minimum Gasteiger partial charge on any atom is -0.338 e. The van der Waals surface area contributed by atoms with Crippen molar-refractivity contribution < 1.29 is 9.59 Å². The summed E-state index contributed by atoms with van der Waals surface area (Å²) in [6, 6.07) is 19.5. The molecule has 0 saturated carbocycles. The van der Waals surface area contributed by atoms with Crippen molar-refractivity contribution in [2.75, 3.05) is 24.5 Å². The highest BCUT2D eigenvalue weighted by atomic mass is 16.2. The Labute approximate surface area is 148 Å². The van der Waals surface area contributed by atoms with Gasteiger partial charge in [0.05, 0.1) is 0 Å². The summed E-state index contributed by atoms with van der Waals surface area (Å²) in [4.78, 5) is 25.8. The van der Waals surface area contributed by atoms with Crippen molar-refractivity contribution in [1.82, 2.24) is 10.6 Å². The highest BCUT2D eigenvalue weighted by molar-refractivity contribution is 5.95. The Morgan fingerprint density at radius 1 is 1.00 bits per heavy atom. The van der Waals surface area contributed by atoms with Crippen LogP contribution in [0.15, 0.2) is 60.7 Å². The lowest BCUT2D eigenvalue weighted by Crippen LogP contribution is -2.39. The summed E-state index contributed by atoms with van der Waals surface area (Å²) >= 11 is 0. The molecule has 25 heavy (non-hydrogen) atoms. The lowest BCUT2D eigenvalue weighted by Gasteiger charge is -2.17. The zero-order valence-corrected chi connectivity index (χ0v) is 14.2. The van der Waals surface area contributed by atoms with Gasteiger partial charge in [0.25, 0.3) is 0 Å². The molecule has 2 aromatic carbocycles. The number of nitrogens with one attached hydrogen (secondary N) is 2. The number of amides is 3. The maximum atomic E-state index is 12.2. The molecule has 0 unspecified atom stereocenters. The molecule has 1 saturated heterocycles. The second-order valence-electron chi connectivity index (χ2n) is 6.28. The van der Waals surface area contributed by atoms with Crippen molar-refractivity contribution in [3.63, 3.8) is 0 Å².